The summed E-state index contributed by atoms with van der Waals surface area (Å²) in [4.78, 5) is 13.1. The van der Waals surface area contributed by atoms with Gasteiger partial charge >= 0.3 is 0 Å². The van der Waals surface area contributed by atoms with E-state index in [0.717, 1.165) is 28.5 Å². The van der Waals surface area contributed by atoms with Crippen molar-refractivity contribution in [3.05, 3.63) is 168 Å². The third-order valence-electron chi connectivity index (χ3n) is 8.97. The van der Waals surface area contributed by atoms with Crippen LogP contribution in [0.1, 0.15) is 22.6 Å². The fourth-order valence-corrected chi connectivity index (χ4v) is 7.06. The van der Waals surface area contributed by atoms with Gasteiger partial charge in [-0.3, -0.25) is 0 Å². The molecule has 5 aromatic carbocycles. The number of nitrogens with one attached hydrogen (secondary N) is 1. The molecule has 3 aliphatic rings. The van der Waals surface area contributed by atoms with Crippen molar-refractivity contribution < 1.29 is 0 Å². The highest BCUT2D eigenvalue weighted by Crippen LogP contribution is 2.51. The quantitative estimate of drug-likeness (QED) is 0.235. The summed E-state index contributed by atoms with van der Waals surface area (Å²) >= 11 is 0. The largest absolute Gasteiger partial charge is 0.324 e. The maximum Gasteiger partial charge on any atom is 0.221 e. The fraction of sp³-hybridized carbons (Fsp3) is 0.0769. The van der Waals surface area contributed by atoms with Crippen LogP contribution in [0.2, 0.25) is 0 Å². The van der Waals surface area contributed by atoms with E-state index in [2.05, 4.69) is 154 Å². The Morgan fingerprint density at radius 3 is 1.89 bits per heavy atom. The summed E-state index contributed by atoms with van der Waals surface area (Å²) in [5, 5.41) is 6.04. The lowest BCUT2D eigenvalue weighted by Crippen LogP contribution is -2.46. The lowest BCUT2D eigenvalue weighted by Gasteiger charge is -2.35. The van der Waals surface area contributed by atoms with Gasteiger partial charge < -0.3 is 14.8 Å². The SMILES string of the molecule is C1=CC2c3ccc4c5ccccc5n(-c5ccccc5)c4c3N(C3N=C(c4ccccc4)NC(c4ccccc4)=N3)C2C=C1. The van der Waals surface area contributed by atoms with Crippen LogP contribution in [0.15, 0.2) is 162 Å². The number of hydrogen-bond acceptors (Lipinski definition) is 4. The third-order valence-corrected chi connectivity index (χ3v) is 8.97. The van der Waals surface area contributed by atoms with E-state index in [1.807, 2.05) is 12.1 Å². The van der Waals surface area contributed by atoms with Gasteiger partial charge in [0.25, 0.3) is 0 Å². The average molecular weight is 568 g/mol. The van der Waals surface area contributed by atoms with E-state index in [-0.39, 0.29) is 12.0 Å². The standard InChI is InChI=1S/C39H29N5/c1-4-14-26(15-5-1)37-40-38(27-16-6-2-7-17-27)42-39(41-37)44-34-23-13-11-21-30(34)32-25-24-31-29-20-10-12-22-33(29)43(35(31)36(32)44)28-18-8-3-9-19-28/h1-25,30,34,39H,(H,40,41,42). The molecular weight excluding hydrogens is 538 g/mol. The summed E-state index contributed by atoms with van der Waals surface area (Å²) in [6.45, 7) is 0. The van der Waals surface area contributed by atoms with Crippen LogP contribution in [-0.4, -0.2) is 28.6 Å². The Morgan fingerprint density at radius 2 is 1.18 bits per heavy atom. The first kappa shape index (κ1) is 24.9. The molecule has 2 unspecified atom stereocenters. The van der Waals surface area contributed by atoms with E-state index >= 15 is 0 Å². The monoisotopic (exact) mass is 567 g/mol. The van der Waals surface area contributed by atoms with Crippen molar-refractivity contribution in [2.45, 2.75) is 18.2 Å². The number of benzene rings is 5. The van der Waals surface area contributed by atoms with E-state index in [0.29, 0.717) is 0 Å². The lowest BCUT2D eigenvalue weighted by atomic mass is 9.91. The van der Waals surface area contributed by atoms with Crippen molar-refractivity contribution in [3.63, 3.8) is 0 Å². The van der Waals surface area contributed by atoms with Gasteiger partial charge in [-0.15, -0.1) is 0 Å². The number of anilines is 1. The van der Waals surface area contributed by atoms with Gasteiger partial charge in [-0.25, -0.2) is 9.98 Å². The highest BCUT2D eigenvalue weighted by atomic mass is 15.4. The van der Waals surface area contributed by atoms with Crippen LogP contribution in [-0.2, 0) is 0 Å². The van der Waals surface area contributed by atoms with E-state index < -0.39 is 6.29 Å². The van der Waals surface area contributed by atoms with Gasteiger partial charge in [-0.1, -0.05) is 133 Å². The number of fused-ring (bicyclic) bond motifs is 7. The average Bonchev–Trinajstić information content (AvgIpc) is 3.62. The maximum atomic E-state index is 5.34. The van der Waals surface area contributed by atoms with E-state index in [9.17, 15) is 0 Å². The summed E-state index contributed by atoms with van der Waals surface area (Å²) < 4.78 is 2.42. The minimum atomic E-state index is -0.473. The molecule has 1 aliphatic carbocycles. The molecule has 2 aliphatic heterocycles. The number of aliphatic imine (C=N–C) groups is 2. The van der Waals surface area contributed by atoms with Gasteiger partial charge in [-0.2, -0.15) is 0 Å². The number of aromatic nitrogens is 1. The highest BCUT2D eigenvalue weighted by molar-refractivity contribution is 6.17. The molecule has 1 aromatic heterocycles. The first-order valence-corrected chi connectivity index (χ1v) is 15.1. The van der Waals surface area contributed by atoms with Gasteiger partial charge in [0.05, 0.1) is 22.8 Å². The van der Waals surface area contributed by atoms with Crippen molar-refractivity contribution in [1.29, 1.82) is 0 Å². The molecule has 210 valence electrons. The van der Waals surface area contributed by atoms with Gasteiger partial charge in [0.1, 0.15) is 11.7 Å². The third kappa shape index (κ3) is 3.79. The molecule has 0 bridgehead atoms. The van der Waals surface area contributed by atoms with Crippen LogP contribution in [0.4, 0.5) is 5.69 Å². The number of para-hydroxylation sites is 2. The van der Waals surface area contributed by atoms with Crippen LogP contribution in [0.3, 0.4) is 0 Å². The minimum absolute atomic E-state index is 0.0764. The molecule has 0 saturated carbocycles. The predicted octanol–water partition coefficient (Wildman–Crippen LogP) is 7.96. The van der Waals surface area contributed by atoms with Crippen LogP contribution < -0.4 is 10.2 Å². The Labute approximate surface area is 255 Å². The molecule has 0 saturated heterocycles. The zero-order valence-corrected chi connectivity index (χ0v) is 24.0. The second kappa shape index (κ2) is 9.96. The summed E-state index contributed by atoms with van der Waals surface area (Å²) in [5.41, 5.74) is 8.08. The van der Waals surface area contributed by atoms with E-state index in [1.54, 1.807) is 0 Å². The highest BCUT2D eigenvalue weighted by Gasteiger charge is 2.43. The Kier molecular flexibility index (Phi) is 5.63. The molecular formula is C39H29N5. The molecule has 1 N–H and O–H groups in total. The number of amidine groups is 2. The van der Waals surface area contributed by atoms with Gasteiger partial charge in [0.2, 0.25) is 6.29 Å². The first-order valence-electron chi connectivity index (χ1n) is 15.1. The number of hydrogen-bond donors (Lipinski definition) is 1. The molecule has 3 heterocycles. The summed E-state index contributed by atoms with van der Waals surface area (Å²) in [6.07, 6.45) is 8.50. The second-order valence-corrected chi connectivity index (χ2v) is 11.4. The summed E-state index contributed by atoms with van der Waals surface area (Å²) in [7, 11) is 0. The zero-order valence-electron chi connectivity index (χ0n) is 24.0. The number of allylic oxidation sites excluding steroid dienone is 2. The topological polar surface area (TPSA) is 44.9 Å². The van der Waals surface area contributed by atoms with Crippen LogP contribution in [0, 0.1) is 0 Å². The summed E-state index contributed by atoms with van der Waals surface area (Å²) in [6, 6.07) is 44.8. The van der Waals surface area contributed by atoms with Crippen molar-refractivity contribution in [2.75, 3.05) is 4.90 Å². The smallest absolute Gasteiger partial charge is 0.221 e. The second-order valence-electron chi connectivity index (χ2n) is 11.4. The van der Waals surface area contributed by atoms with Crippen molar-refractivity contribution in [2.24, 2.45) is 9.98 Å². The summed E-state index contributed by atoms with van der Waals surface area (Å²) in [5.74, 6) is 1.84. The minimum Gasteiger partial charge on any atom is -0.324 e. The van der Waals surface area contributed by atoms with E-state index in [4.69, 9.17) is 9.98 Å². The maximum absolute atomic E-state index is 5.34. The molecule has 0 fully saturated rings. The molecule has 5 heteroatoms. The molecule has 2 atom stereocenters. The number of nitrogens with zero attached hydrogens (tertiary/aromatic N) is 4. The van der Waals surface area contributed by atoms with Crippen molar-refractivity contribution in [3.8, 4) is 5.69 Å². The molecule has 0 spiro atoms. The Bertz CT molecular complexity index is 2100. The van der Waals surface area contributed by atoms with Gasteiger partial charge in [0, 0.05) is 33.5 Å². The Balaban J connectivity index is 1.34. The first-order chi connectivity index (χ1) is 21.8. The number of rotatable bonds is 4. The molecule has 9 rings (SSSR count). The van der Waals surface area contributed by atoms with Crippen LogP contribution in [0.5, 0.6) is 0 Å². The molecule has 5 nitrogen and oxygen atoms in total. The molecule has 0 amide bonds. The van der Waals surface area contributed by atoms with Crippen LogP contribution in [0.25, 0.3) is 27.5 Å². The Hall–Kier alpha value is -5.68. The zero-order chi connectivity index (χ0) is 29.0. The molecule has 44 heavy (non-hydrogen) atoms. The van der Waals surface area contributed by atoms with Crippen molar-refractivity contribution in [1.82, 2.24) is 9.88 Å². The van der Waals surface area contributed by atoms with E-state index in [1.165, 1.54) is 33.1 Å². The van der Waals surface area contributed by atoms with Gasteiger partial charge in [-0.05, 0) is 23.8 Å². The van der Waals surface area contributed by atoms with Gasteiger partial charge in [0.15, 0.2) is 0 Å². The van der Waals surface area contributed by atoms with Crippen molar-refractivity contribution >= 4 is 39.2 Å². The molecule has 6 aromatic rings. The van der Waals surface area contributed by atoms with Crippen LogP contribution >= 0.6 is 0 Å². The normalized spacial score (nSPS) is 19.0. The fourth-order valence-electron chi connectivity index (χ4n) is 7.06. The predicted molar refractivity (Wildman–Crippen MR) is 181 cm³/mol. The lowest BCUT2D eigenvalue weighted by molar-refractivity contribution is 0.575. The Morgan fingerprint density at radius 1 is 0.568 bits per heavy atom. The molecule has 0 radical (unpaired) electrons.